The van der Waals surface area contributed by atoms with E-state index in [9.17, 15) is 0 Å². The minimum atomic E-state index is 0.312. The van der Waals surface area contributed by atoms with Crippen LogP contribution in [-0.2, 0) is 0 Å². The van der Waals surface area contributed by atoms with Gasteiger partial charge in [-0.25, -0.2) is 9.97 Å². The summed E-state index contributed by atoms with van der Waals surface area (Å²) in [5.41, 5.74) is 1.06. The van der Waals surface area contributed by atoms with Crippen LogP contribution in [0.2, 0.25) is 5.28 Å². The first-order valence-corrected chi connectivity index (χ1v) is 5.58. The van der Waals surface area contributed by atoms with Gasteiger partial charge in [0.1, 0.15) is 5.82 Å². The molecule has 4 heteroatoms. The van der Waals surface area contributed by atoms with Crippen molar-refractivity contribution < 1.29 is 0 Å². The molecule has 15 heavy (non-hydrogen) atoms. The van der Waals surface area contributed by atoms with Crippen LogP contribution in [0.25, 0.3) is 0 Å². The average molecular weight is 228 g/mol. The molecule has 0 saturated carbocycles. The first-order chi connectivity index (χ1) is 7.00. The van der Waals surface area contributed by atoms with E-state index in [1.54, 1.807) is 6.20 Å². The van der Waals surface area contributed by atoms with E-state index in [4.69, 9.17) is 11.6 Å². The summed E-state index contributed by atoms with van der Waals surface area (Å²) in [6, 6.07) is 0. The van der Waals surface area contributed by atoms with E-state index >= 15 is 0 Å². The van der Waals surface area contributed by atoms with Crippen LogP contribution in [0.3, 0.4) is 0 Å². The van der Waals surface area contributed by atoms with Crippen molar-refractivity contribution in [3.63, 3.8) is 0 Å². The molecule has 0 unspecified atom stereocenters. The van der Waals surface area contributed by atoms with Crippen LogP contribution in [0, 0.1) is 12.8 Å². The molecule has 0 aliphatic rings. The summed E-state index contributed by atoms with van der Waals surface area (Å²) >= 11 is 5.77. The Balaban J connectivity index is 2.72. The lowest BCUT2D eigenvalue weighted by atomic mass is 10.1. The van der Waals surface area contributed by atoms with E-state index in [1.165, 1.54) is 0 Å². The standard InChI is InChI=1S/C11H18ClN3/c1-8(2)5-6-15(4)10-9(3)7-13-11(12)14-10/h7-8H,5-6H2,1-4H3. The number of aryl methyl sites for hydroxylation is 1. The minimum absolute atomic E-state index is 0.312. The first kappa shape index (κ1) is 12.2. The van der Waals surface area contributed by atoms with Crippen LogP contribution < -0.4 is 4.90 Å². The van der Waals surface area contributed by atoms with Gasteiger partial charge >= 0.3 is 0 Å². The van der Waals surface area contributed by atoms with Crippen molar-refractivity contribution >= 4 is 17.4 Å². The number of nitrogens with zero attached hydrogens (tertiary/aromatic N) is 3. The van der Waals surface area contributed by atoms with Crippen molar-refractivity contribution in [1.29, 1.82) is 0 Å². The predicted octanol–water partition coefficient (Wildman–Crippen LogP) is 2.92. The maximum absolute atomic E-state index is 5.77. The zero-order chi connectivity index (χ0) is 11.4. The highest BCUT2D eigenvalue weighted by Crippen LogP contribution is 2.17. The average Bonchev–Trinajstić information content (AvgIpc) is 2.18. The third kappa shape index (κ3) is 3.67. The molecule has 0 aliphatic carbocycles. The van der Waals surface area contributed by atoms with Gasteiger partial charge in [-0.3, -0.25) is 0 Å². The molecule has 0 radical (unpaired) electrons. The second kappa shape index (κ2) is 5.31. The maximum Gasteiger partial charge on any atom is 0.224 e. The number of halogens is 1. The molecule has 1 rings (SSSR count). The lowest BCUT2D eigenvalue weighted by Crippen LogP contribution is -2.22. The summed E-state index contributed by atoms with van der Waals surface area (Å²) in [5, 5.41) is 0.312. The second-order valence-corrected chi connectivity index (χ2v) is 4.59. The summed E-state index contributed by atoms with van der Waals surface area (Å²) < 4.78 is 0. The molecule has 1 aromatic heterocycles. The number of hydrogen-bond acceptors (Lipinski definition) is 3. The van der Waals surface area contributed by atoms with Crippen molar-refractivity contribution in [3.8, 4) is 0 Å². The van der Waals surface area contributed by atoms with Crippen LogP contribution >= 0.6 is 11.6 Å². The molecule has 0 amide bonds. The Morgan fingerprint density at radius 3 is 2.73 bits per heavy atom. The predicted molar refractivity (Wildman–Crippen MR) is 64.5 cm³/mol. The molecular formula is C11H18ClN3. The van der Waals surface area contributed by atoms with E-state index < -0.39 is 0 Å². The van der Waals surface area contributed by atoms with Gasteiger partial charge in [0, 0.05) is 25.4 Å². The summed E-state index contributed by atoms with van der Waals surface area (Å²) in [4.78, 5) is 10.3. The van der Waals surface area contributed by atoms with Crippen molar-refractivity contribution in [2.45, 2.75) is 27.2 Å². The van der Waals surface area contributed by atoms with Crippen molar-refractivity contribution in [2.24, 2.45) is 5.92 Å². The first-order valence-electron chi connectivity index (χ1n) is 5.21. The summed E-state index contributed by atoms with van der Waals surface area (Å²) in [5.74, 6) is 1.63. The molecule has 84 valence electrons. The van der Waals surface area contributed by atoms with E-state index in [-0.39, 0.29) is 0 Å². The summed E-state index contributed by atoms with van der Waals surface area (Å²) in [7, 11) is 2.04. The molecule has 0 aromatic carbocycles. The third-order valence-corrected chi connectivity index (χ3v) is 2.50. The minimum Gasteiger partial charge on any atom is -0.359 e. The highest BCUT2D eigenvalue weighted by molar-refractivity contribution is 6.28. The highest BCUT2D eigenvalue weighted by Gasteiger charge is 2.08. The summed E-state index contributed by atoms with van der Waals surface area (Å²) in [6.45, 7) is 7.42. The fraction of sp³-hybridized carbons (Fsp3) is 0.636. The van der Waals surface area contributed by atoms with E-state index in [0.717, 1.165) is 24.3 Å². The maximum atomic E-state index is 5.77. The molecule has 1 heterocycles. The third-order valence-electron chi connectivity index (χ3n) is 2.32. The lowest BCUT2D eigenvalue weighted by molar-refractivity contribution is 0.583. The molecule has 1 aromatic rings. The summed E-state index contributed by atoms with van der Waals surface area (Å²) in [6.07, 6.45) is 2.91. The van der Waals surface area contributed by atoms with Gasteiger partial charge in [0.15, 0.2) is 0 Å². The zero-order valence-corrected chi connectivity index (χ0v) is 10.5. The molecule has 3 nitrogen and oxygen atoms in total. The van der Waals surface area contributed by atoms with Gasteiger partial charge in [0.2, 0.25) is 5.28 Å². The Kier molecular flexibility index (Phi) is 4.33. The molecule has 0 aliphatic heterocycles. The Morgan fingerprint density at radius 1 is 1.47 bits per heavy atom. The van der Waals surface area contributed by atoms with Gasteiger partial charge in [0.05, 0.1) is 0 Å². The zero-order valence-electron chi connectivity index (χ0n) is 9.79. The quantitative estimate of drug-likeness (QED) is 0.741. The van der Waals surface area contributed by atoms with Crippen LogP contribution in [0.15, 0.2) is 6.20 Å². The van der Waals surface area contributed by atoms with Crippen LogP contribution in [0.4, 0.5) is 5.82 Å². The Morgan fingerprint density at radius 2 is 2.13 bits per heavy atom. The number of rotatable bonds is 4. The van der Waals surface area contributed by atoms with Gasteiger partial charge in [-0.15, -0.1) is 0 Å². The Bertz CT molecular complexity index is 326. The van der Waals surface area contributed by atoms with E-state index in [0.29, 0.717) is 11.2 Å². The number of aromatic nitrogens is 2. The number of anilines is 1. The normalized spacial score (nSPS) is 10.8. The van der Waals surface area contributed by atoms with Gasteiger partial charge in [-0.05, 0) is 30.9 Å². The SMILES string of the molecule is Cc1cnc(Cl)nc1N(C)CCC(C)C. The monoisotopic (exact) mass is 227 g/mol. The van der Waals surface area contributed by atoms with Crippen LogP contribution in [0.1, 0.15) is 25.8 Å². The molecular weight excluding hydrogens is 210 g/mol. The molecule has 0 atom stereocenters. The van der Waals surface area contributed by atoms with Gasteiger partial charge in [0.25, 0.3) is 0 Å². The fourth-order valence-corrected chi connectivity index (χ4v) is 1.49. The molecule has 0 N–H and O–H groups in total. The topological polar surface area (TPSA) is 29.0 Å². The van der Waals surface area contributed by atoms with E-state index in [1.807, 2.05) is 14.0 Å². The Hall–Kier alpha value is -0.830. The van der Waals surface area contributed by atoms with E-state index in [2.05, 4.69) is 28.7 Å². The van der Waals surface area contributed by atoms with Gasteiger partial charge in [-0.1, -0.05) is 13.8 Å². The van der Waals surface area contributed by atoms with Crippen molar-refractivity contribution in [2.75, 3.05) is 18.5 Å². The Labute approximate surface area is 96.5 Å². The lowest BCUT2D eigenvalue weighted by Gasteiger charge is -2.20. The van der Waals surface area contributed by atoms with Crippen LogP contribution in [-0.4, -0.2) is 23.6 Å². The molecule has 0 fully saturated rings. The van der Waals surface area contributed by atoms with Gasteiger partial charge in [-0.2, -0.15) is 0 Å². The molecule has 0 spiro atoms. The van der Waals surface area contributed by atoms with Crippen molar-refractivity contribution in [3.05, 3.63) is 17.0 Å². The van der Waals surface area contributed by atoms with Crippen LogP contribution in [0.5, 0.6) is 0 Å². The number of hydrogen-bond donors (Lipinski definition) is 0. The highest BCUT2D eigenvalue weighted by atomic mass is 35.5. The fourth-order valence-electron chi connectivity index (χ4n) is 1.36. The molecule has 0 saturated heterocycles. The smallest absolute Gasteiger partial charge is 0.224 e. The second-order valence-electron chi connectivity index (χ2n) is 4.25. The van der Waals surface area contributed by atoms with Crippen molar-refractivity contribution in [1.82, 2.24) is 9.97 Å². The largest absolute Gasteiger partial charge is 0.359 e. The van der Waals surface area contributed by atoms with Gasteiger partial charge < -0.3 is 4.90 Å². The molecule has 0 bridgehead atoms.